The van der Waals surface area contributed by atoms with E-state index in [9.17, 15) is 0 Å². The van der Waals surface area contributed by atoms with Crippen LogP contribution in [0.3, 0.4) is 0 Å². The van der Waals surface area contributed by atoms with Crippen LogP contribution in [0, 0.1) is 13.8 Å². The van der Waals surface area contributed by atoms with Crippen LogP contribution in [0.1, 0.15) is 11.1 Å². The molecule has 90 valence electrons. The van der Waals surface area contributed by atoms with Crippen molar-refractivity contribution in [2.24, 2.45) is 0 Å². The predicted molar refractivity (Wildman–Crippen MR) is 78.7 cm³/mol. The molecule has 0 aliphatic rings. The first-order valence-electron chi connectivity index (χ1n) is 5.86. The Kier molecular flexibility index (Phi) is 2.71. The number of nitrogens with zero attached hydrogens (tertiary/aromatic N) is 1. The molecule has 1 heterocycles. The molecule has 0 unspecified atom stereocenters. The summed E-state index contributed by atoms with van der Waals surface area (Å²) < 4.78 is 1.08. The lowest BCUT2D eigenvalue weighted by Crippen LogP contribution is -1.82. The quantitative estimate of drug-likeness (QED) is 0.698. The number of rotatable bonds is 1. The highest BCUT2D eigenvalue weighted by molar-refractivity contribution is 9.10. The van der Waals surface area contributed by atoms with Gasteiger partial charge < -0.3 is 4.98 Å². The summed E-state index contributed by atoms with van der Waals surface area (Å²) in [6, 6.07) is 12.6. The zero-order valence-corrected chi connectivity index (χ0v) is 11.9. The van der Waals surface area contributed by atoms with Crippen LogP contribution in [-0.4, -0.2) is 9.97 Å². The average Bonchev–Trinajstić information content (AvgIpc) is 2.70. The molecule has 0 bridgehead atoms. The molecule has 18 heavy (non-hydrogen) atoms. The largest absolute Gasteiger partial charge is 0.338 e. The minimum atomic E-state index is 0.917. The minimum absolute atomic E-state index is 0.917. The van der Waals surface area contributed by atoms with Crippen molar-refractivity contribution in [2.45, 2.75) is 13.8 Å². The number of hydrogen-bond acceptors (Lipinski definition) is 1. The Morgan fingerprint density at radius 3 is 2.61 bits per heavy atom. The number of aromatic amines is 1. The number of hydrogen-bond donors (Lipinski definition) is 1. The Labute approximate surface area is 114 Å². The Hall–Kier alpha value is -1.61. The van der Waals surface area contributed by atoms with Crippen LogP contribution in [0.4, 0.5) is 0 Å². The zero-order valence-electron chi connectivity index (χ0n) is 10.3. The molecule has 0 aliphatic heterocycles. The van der Waals surface area contributed by atoms with Gasteiger partial charge in [-0.2, -0.15) is 0 Å². The molecule has 0 saturated carbocycles. The van der Waals surface area contributed by atoms with E-state index in [2.05, 4.69) is 76.1 Å². The molecule has 3 heteroatoms. The number of aryl methyl sites for hydroxylation is 2. The van der Waals surface area contributed by atoms with Gasteiger partial charge in [-0.3, -0.25) is 0 Å². The number of halogens is 1. The third kappa shape index (κ3) is 2.06. The van der Waals surface area contributed by atoms with Crippen LogP contribution in [0.15, 0.2) is 40.9 Å². The maximum atomic E-state index is 4.63. The maximum Gasteiger partial charge on any atom is 0.138 e. The van der Waals surface area contributed by atoms with Crippen LogP contribution >= 0.6 is 15.9 Å². The van der Waals surface area contributed by atoms with Gasteiger partial charge in [0.2, 0.25) is 0 Å². The molecule has 0 saturated heterocycles. The molecule has 2 aromatic carbocycles. The van der Waals surface area contributed by atoms with Crippen molar-refractivity contribution in [1.29, 1.82) is 0 Å². The molecule has 1 N–H and O–H groups in total. The summed E-state index contributed by atoms with van der Waals surface area (Å²) in [4.78, 5) is 8.01. The fourth-order valence-electron chi connectivity index (χ4n) is 2.13. The Balaban J connectivity index is 2.19. The van der Waals surface area contributed by atoms with E-state index in [4.69, 9.17) is 0 Å². The van der Waals surface area contributed by atoms with E-state index < -0.39 is 0 Å². The fourth-order valence-corrected chi connectivity index (χ4v) is 2.74. The van der Waals surface area contributed by atoms with Crippen molar-refractivity contribution >= 4 is 27.0 Å². The molecule has 0 atom stereocenters. The molecule has 0 fully saturated rings. The monoisotopic (exact) mass is 300 g/mol. The average molecular weight is 301 g/mol. The number of imidazole rings is 1. The molecule has 2 nitrogen and oxygen atoms in total. The van der Waals surface area contributed by atoms with E-state index in [1.165, 1.54) is 11.1 Å². The molecule has 3 rings (SSSR count). The van der Waals surface area contributed by atoms with E-state index in [1.54, 1.807) is 0 Å². The summed E-state index contributed by atoms with van der Waals surface area (Å²) in [5.74, 6) is 0.917. The van der Waals surface area contributed by atoms with E-state index in [0.29, 0.717) is 0 Å². The van der Waals surface area contributed by atoms with Gasteiger partial charge in [-0.25, -0.2) is 4.98 Å². The lowest BCUT2D eigenvalue weighted by atomic mass is 10.1. The van der Waals surface area contributed by atoms with Crippen molar-refractivity contribution in [3.63, 3.8) is 0 Å². The van der Waals surface area contributed by atoms with Gasteiger partial charge in [0.25, 0.3) is 0 Å². The van der Waals surface area contributed by atoms with E-state index in [1.807, 2.05) is 0 Å². The Bertz CT molecular complexity index is 708. The number of benzene rings is 2. The van der Waals surface area contributed by atoms with Crippen molar-refractivity contribution in [2.75, 3.05) is 0 Å². The second-order valence-corrected chi connectivity index (χ2v) is 5.54. The van der Waals surface area contributed by atoms with Crippen molar-refractivity contribution < 1.29 is 0 Å². The molecule has 1 aromatic heterocycles. The Morgan fingerprint density at radius 1 is 1.00 bits per heavy atom. The maximum absolute atomic E-state index is 4.63. The summed E-state index contributed by atoms with van der Waals surface area (Å²) in [6.45, 7) is 4.17. The van der Waals surface area contributed by atoms with Crippen molar-refractivity contribution in [1.82, 2.24) is 9.97 Å². The lowest BCUT2D eigenvalue weighted by molar-refractivity contribution is 1.32. The summed E-state index contributed by atoms with van der Waals surface area (Å²) in [5.41, 5.74) is 5.66. The normalized spacial score (nSPS) is 11.1. The van der Waals surface area contributed by atoms with Crippen LogP contribution in [0.25, 0.3) is 22.4 Å². The summed E-state index contributed by atoms with van der Waals surface area (Å²) in [7, 11) is 0. The van der Waals surface area contributed by atoms with Gasteiger partial charge >= 0.3 is 0 Å². The van der Waals surface area contributed by atoms with Crippen molar-refractivity contribution in [3.8, 4) is 11.4 Å². The number of nitrogens with one attached hydrogen (secondary N) is 1. The van der Waals surface area contributed by atoms with Crippen LogP contribution in [0.2, 0.25) is 0 Å². The van der Waals surface area contributed by atoms with Crippen LogP contribution < -0.4 is 0 Å². The van der Waals surface area contributed by atoms with Gasteiger partial charge in [0.05, 0.1) is 11.0 Å². The predicted octanol–water partition coefficient (Wildman–Crippen LogP) is 4.61. The third-order valence-corrected chi connectivity index (χ3v) is 3.41. The van der Waals surface area contributed by atoms with Gasteiger partial charge in [0.1, 0.15) is 5.82 Å². The van der Waals surface area contributed by atoms with E-state index >= 15 is 0 Å². The van der Waals surface area contributed by atoms with E-state index in [0.717, 1.165) is 26.9 Å². The van der Waals surface area contributed by atoms with Gasteiger partial charge in [0.15, 0.2) is 0 Å². The molecule has 3 aromatic rings. The molecule has 0 aliphatic carbocycles. The number of aromatic nitrogens is 2. The molecular formula is C15H13BrN2. The summed E-state index contributed by atoms with van der Waals surface area (Å²) in [5, 5.41) is 0. The number of fused-ring (bicyclic) bond motifs is 1. The van der Waals surface area contributed by atoms with Gasteiger partial charge in [-0.15, -0.1) is 0 Å². The van der Waals surface area contributed by atoms with Gasteiger partial charge in [0, 0.05) is 10.0 Å². The smallest absolute Gasteiger partial charge is 0.138 e. The molecule has 0 amide bonds. The van der Waals surface area contributed by atoms with Crippen LogP contribution in [0.5, 0.6) is 0 Å². The highest BCUT2D eigenvalue weighted by Crippen LogP contribution is 2.25. The Morgan fingerprint density at radius 2 is 1.83 bits per heavy atom. The fraction of sp³-hybridized carbons (Fsp3) is 0.133. The first-order valence-corrected chi connectivity index (χ1v) is 6.65. The lowest BCUT2D eigenvalue weighted by Gasteiger charge is -2.00. The molecular weight excluding hydrogens is 288 g/mol. The SMILES string of the molecule is Cc1cc(Br)cc(-c2nc3ccc(C)cc3[nH]2)c1. The van der Waals surface area contributed by atoms with E-state index in [-0.39, 0.29) is 0 Å². The van der Waals surface area contributed by atoms with Gasteiger partial charge in [-0.05, 0) is 55.3 Å². The standard InChI is InChI=1S/C15H13BrN2/c1-9-3-4-13-14(7-9)18-15(17-13)11-5-10(2)6-12(16)8-11/h3-8H,1-2H3,(H,17,18). The van der Waals surface area contributed by atoms with Gasteiger partial charge in [-0.1, -0.05) is 22.0 Å². The molecule has 0 spiro atoms. The van der Waals surface area contributed by atoms with Crippen LogP contribution in [-0.2, 0) is 0 Å². The highest BCUT2D eigenvalue weighted by Gasteiger charge is 2.06. The molecule has 0 radical (unpaired) electrons. The summed E-state index contributed by atoms with van der Waals surface area (Å²) in [6.07, 6.45) is 0. The zero-order chi connectivity index (χ0) is 12.7. The second-order valence-electron chi connectivity index (χ2n) is 4.62. The second kappa shape index (κ2) is 4.25. The first kappa shape index (κ1) is 11.5. The minimum Gasteiger partial charge on any atom is -0.338 e. The third-order valence-electron chi connectivity index (χ3n) is 2.95. The summed E-state index contributed by atoms with van der Waals surface area (Å²) >= 11 is 3.52. The van der Waals surface area contributed by atoms with Crippen molar-refractivity contribution in [3.05, 3.63) is 52.0 Å². The number of H-pyrrole nitrogens is 1. The highest BCUT2D eigenvalue weighted by atomic mass is 79.9. The topological polar surface area (TPSA) is 28.7 Å². The first-order chi connectivity index (χ1) is 8.61.